The van der Waals surface area contributed by atoms with Gasteiger partial charge in [-0.15, -0.1) is 0 Å². The summed E-state index contributed by atoms with van der Waals surface area (Å²) in [4.78, 5) is 0. The molecule has 0 saturated heterocycles. The van der Waals surface area contributed by atoms with E-state index in [0.29, 0.717) is 6.04 Å². The Labute approximate surface area is 99.0 Å². The minimum Gasteiger partial charge on any atom is -0.496 e. The summed E-state index contributed by atoms with van der Waals surface area (Å²) in [6.07, 6.45) is 1.09. The van der Waals surface area contributed by atoms with Crippen LogP contribution in [0.1, 0.15) is 32.8 Å². The normalized spacial score (nSPS) is 13.6. The van der Waals surface area contributed by atoms with Crippen LogP contribution in [0.2, 0.25) is 0 Å². The van der Waals surface area contributed by atoms with Crippen molar-refractivity contribution < 1.29 is 4.74 Å². The molecule has 1 aromatic carbocycles. The van der Waals surface area contributed by atoms with Crippen LogP contribution in [0.15, 0.2) is 24.3 Å². The number of para-hydroxylation sites is 1. The van der Waals surface area contributed by atoms with Gasteiger partial charge in [0.05, 0.1) is 7.11 Å². The van der Waals surface area contributed by atoms with Crippen molar-refractivity contribution in [2.45, 2.75) is 38.6 Å². The molecule has 0 aliphatic carbocycles. The lowest BCUT2D eigenvalue weighted by molar-refractivity contribution is 0.365. The topological polar surface area (TPSA) is 21.3 Å². The highest BCUT2D eigenvalue weighted by Gasteiger charge is 2.25. The zero-order valence-electron chi connectivity index (χ0n) is 11.0. The molecule has 0 fully saturated rings. The first-order chi connectivity index (χ1) is 7.51. The summed E-state index contributed by atoms with van der Waals surface area (Å²) in [5.74, 6) is 0.982. The second-order valence-corrected chi connectivity index (χ2v) is 4.98. The van der Waals surface area contributed by atoms with E-state index >= 15 is 0 Å². The maximum absolute atomic E-state index is 5.43. The second-order valence-electron chi connectivity index (χ2n) is 4.98. The Morgan fingerprint density at radius 3 is 2.50 bits per heavy atom. The first kappa shape index (κ1) is 13.0. The molecular weight excluding hydrogens is 198 g/mol. The first-order valence-electron chi connectivity index (χ1n) is 5.82. The molecule has 0 radical (unpaired) electrons. The average Bonchev–Trinajstić information content (AvgIpc) is 2.28. The van der Waals surface area contributed by atoms with E-state index in [1.165, 1.54) is 5.56 Å². The molecule has 0 spiro atoms. The van der Waals surface area contributed by atoms with Crippen molar-refractivity contribution in [3.05, 3.63) is 29.8 Å². The average molecular weight is 221 g/mol. The SMILES string of the molecule is CNC(C)CC(C)(C)c1ccccc1OC. The Hall–Kier alpha value is -1.02. The largest absolute Gasteiger partial charge is 0.496 e. The Balaban J connectivity index is 2.96. The highest BCUT2D eigenvalue weighted by Crippen LogP contribution is 2.34. The third-order valence-electron chi connectivity index (χ3n) is 3.15. The summed E-state index contributed by atoms with van der Waals surface area (Å²) in [6, 6.07) is 8.77. The summed E-state index contributed by atoms with van der Waals surface area (Å²) < 4.78 is 5.43. The quantitative estimate of drug-likeness (QED) is 0.825. The minimum absolute atomic E-state index is 0.120. The summed E-state index contributed by atoms with van der Waals surface area (Å²) in [6.45, 7) is 6.73. The molecule has 0 aliphatic rings. The fourth-order valence-electron chi connectivity index (χ4n) is 2.18. The lowest BCUT2D eigenvalue weighted by Gasteiger charge is -2.29. The second kappa shape index (κ2) is 5.35. The van der Waals surface area contributed by atoms with Gasteiger partial charge in [0.2, 0.25) is 0 Å². The van der Waals surface area contributed by atoms with Crippen LogP contribution in [0.4, 0.5) is 0 Å². The van der Waals surface area contributed by atoms with Crippen LogP contribution in [0.25, 0.3) is 0 Å². The highest BCUT2D eigenvalue weighted by molar-refractivity contribution is 5.38. The summed E-state index contributed by atoms with van der Waals surface area (Å²) in [7, 11) is 3.74. The maximum atomic E-state index is 5.43. The van der Waals surface area contributed by atoms with E-state index in [1.807, 2.05) is 19.2 Å². The molecule has 0 heterocycles. The molecule has 0 aliphatic heterocycles. The molecule has 1 N–H and O–H groups in total. The van der Waals surface area contributed by atoms with Gasteiger partial charge in [0.1, 0.15) is 5.75 Å². The Kier molecular flexibility index (Phi) is 4.36. The monoisotopic (exact) mass is 221 g/mol. The van der Waals surface area contributed by atoms with Gasteiger partial charge in [-0.3, -0.25) is 0 Å². The van der Waals surface area contributed by atoms with Crippen molar-refractivity contribution in [1.29, 1.82) is 0 Å². The molecule has 0 amide bonds. The molecule has 2 nitrogen and oxygen atoms in total. The predicted octanol–water partition coefficient (Wildman–Crippen LogP) is 2.97. The number of hydrogen-bond acceptors (Lipinski definition) is 2. The van der Waals surface area contributed by atoms with E-state index in [1.54, 1.807) is 7.11 Å². The molecule has 1 rings (SSSR count). The Morgan fingerprint density at radius 2 is 1.94 bits per heavy atom. The predicted molar refractivity (Wildman–Crippen MR) is 69.2 cm³/mol. The molecule has 16 heavy (non-hydrogen) atoms. The first-order valence-corrected chi connectivity index (χ1v) is 5.82. The van der Waals surface area contributed by atoms with Crippen LogP contribution in [0.5, 0.6) is 5.75 Å². The zero-order chi connectivity index (χ0) is 12.2. The lowest BCUT2D eigenvalue weighted by Crippen LogP contribution is -2.31. The van der Waals surface area contributed by atoms with E-state index in [9.17, 15) is 0 Å². The van der Waals surface area contributed by atoms with E-state index in [4.69, 9.17) is 4.74 Å². The molecule has 1 unspecified atom stereocenters. The van der Waals surface area contributed by atoms with E-state index in [0.717, 1.165) is 12.2 Å². The molecule has 0 saturated carbocycles. The zero-order valence-corrected chi connectivity index (χ0v) is 11.0. The summed E-state index contributed by atoms with van der Waals surface area (Å²) in [5, 5.41) is 3.29. The fourth-order valence-corrected chi connectivity index (χ4v) is 2.18. The van der Waals surface area contributed by atoms with Crippen molar-refractivity contribution in [2.24, 2.45) is 0 Å². The van der Waals surface area contributed by atoms with Crippen molar-refractivity contribution in [3.63, 3.8) is 0 Å². The number of benzene rings is 1. The number of rotatable bonds is 5. The number of methoxy groups -OCH3 is 1. The number of hydrogen-bond donors (Lipinski definition) is 1. The van der Waals surface area contributed by atoms with Crippen molar-refractivity contribution >= 4 is 0 Å². The van der Waals surface area contributed by atoms with Crippen LogP contribution in [-0.2, 0) is 5.41 Å². The van der Waals surface area contributed by atoms with Crippen LogP contribution in [-0.4, -0.2) is 20.2 Å². The van der Waals surface area contributed by atoms with Crippen LogP contribution < -0.4 is 10.1 Å². The van der Waals surface area contributed by atoms with Crippen LogP contribution >= 0.6 is 0 Å². The van der Waals surface area contributed by atoms with Gasteiger partial charge in [-0.1, -0.05) is 32.0 Å². The van der Waals surface area contributed by atoms with Gasteiger partial charge in [0.25, 0.3) is 0 Å². The van der Waals surface area contributed by atoms with Crippen molar-refractivity contribution in [1.82, 2.24) is 5.32 Å². The van der Waals surface area contributed by atoms with Gasteiger partial charge in [0.15, 0.2) is 0 Å². The third-order valence-corrected chi connectivity index (χ3v) is 3.15. The summed E-state index contributed by atoms with van der Waals surface area (Å²) in [5.41, 5.74) is 1.40. The smallest absolute Gasteiger partial charge is 0.122 e. The van der Waals surface area contributed by atoms with Crippen molar-refractivity contribution in [3.8, 4) is 5.75 Å². The fraction of sp³-hybridized carbons (Fsp3) is 0.571. The number of nitrogens with one attached hydrogen (secondary N) is 1. The lowest BCUT2D eigenvalue weighted by atomic mass is 9.79. The highest BCUT2D eigenvalue weighted by atomic mass is 16.5. The van der Waals surface area contributed by atoms with Gasteiger partial charge in [-0.2, -0.15) is 0 Å². The molecular formula is C14H23NO. The van der Waals surface area contributed by atoms with E-state index in [2.05, 4.69) is 38.2 Å². The molecule has 0 bridgehead atoms. The van der Waals surface area contributed by atoms with Crippen LogP contribution in [0.3, 0.4) is 0 Å². The standard InChI is InChI=1S/C14H23NO/c1-11(15-4)10-14(2,3)12-8-6-7-9-13(12)16-5/h6-9,11,15H,10H2,1-5H3. The molecule has 1 atom stereocenters. The third kappa shape index (κ3) is 2.99. The summed E-state index contributed by atoms with van der Waals surface area (Å²) >= 11 is 0. The van der Waals surface area contributed by atoms with Gasteiger partial charge < -0.3 is 10.1 Å². The van der Waals surface area contributed by atoms with Crippen LogP contribution in [0, 0.1) is 0 Å². The minimum atomic E-state index is 0.120. The van der Waals surface area contributed by atoms with E-state index in [-0.39, 0.29) is 5.41 Å². The van der Waals surface area contributed by atoms with Gasteiger partial charge in [-0.05, 0) is 37.4 Å². The Bertz CT molecular complexity index is 333. The molecule has 0 aromatic heterocycles. The van der Waals surface area contributed by atoms with Gasteiger partial charge >= 0.3 is 0 Å². The van der Waals surface area contributed by atoms with Gasteiger partial charge in [0, 0.05) is 6.04 Å². The molecule has 90 valence electrons. The molecule has 2 heteroatoms. The number of ether oxygens (including phenoxy) is 1. The maximum Gasteiger partial charge on any atom is 0.122 e. The van der Waals surface area contributed by atoms with Gasteiger partial charge in [-0.25, -0.2) is 0 Å². The van der Waals surface area contributed by atoms with E-state index < -0.39 is 0 Å². The molecule has 1 aromatic rings. The Morgan fingerprint density at radius 1 is 1.31 bits per heavy atom. The van der Waals surface area contributed by atoms with Crippen molar-refractivity contribution in [2.75, 3.05) is 14.2 Å².